The molecule has 1 heterocycles. The minimum absolute atomic E-state index is 0.0319. The lowest BCUT2D eigenvalue weighted by Gasteiger charge is -2.38. The van der Waals surface area contributed by atoms with E-state index in [1.807, 2.05) is 72.8 Å². The van der Waals surface area contributed by atoms with Crippen LogP contribution in [0.1, 0.15) is 29.2 Å². The molecule has 1 atom stereocenters. The number of hydrogen-bond donors (Lipinski definition) is 1. The van der Waals surface area contributed by atoms with Crippen molar-refractivity contribution in [1.82, 2.24) is 5.32 Å². The molecular formula is C27H29NO3S. The smallest absolute Gasteiger partial charge is 0.238 e. The quantitative estimate of drug-likeness (QED) is 0.470. The molecule has 5 heteroatoms. The van der Waals surface area contributed by atoms with E-state index in [4.69, 9.17) is 9.47 Å². The van der Waals surface area contributed by atoms with Crippen LogP contribution < -0.4 is 10.1 Å². The van der Waals surface area contributed by atoms with Crippen molar-refractivity contribution in [3.63, 3.8) is 0 Å². The van der Waals surface area contributed by atoms with Gasteiger partial charge in [-0.05, 0) is 48.2 Å². The van der Waals surface area contributed by atoms with Crippen LogP contribution >= 0.6 is 11.8 Å². The first-order valence-corrected chi connectivity index (χ1v) is 11.8. The molecule has 1 aliphatic rings. The SMILES string of the molecule is COc1ccc(C2(CNC(=O)C(Sc3ccccc3)c3ccccc3)CCOCC2)cc1. The molecule has 32 heavy (non-hydrogen) atoms. The highest BCUT2D eigenvalue weighted by Crippen LogP contribution is 2.38. The van der Waals surface area contributed by atoms with E-state index in [9.17, 15) is 4.79 Å². The van der Waals surface area contributed by atoms with Gasteiger partial charge in [0, 0.05) is 30.1 Å². The lowest BCUT2D eigenvalue weighted by molar-refractivity contribution is -0.121. The zero-order chi connectivity index (χ0) is 22.2. The standard InChI is InChI=1S/C27H29NO3S/c1-30-23-14-12-22(13-15-23)27(16-18-31-19-17-27)20-28-26(29)25(21-8-4-2-5-9-21)32-24-10-6-3-7-11-24/h2-15,25H,16-20H2,1H3,(H,28,29). The third kappa shape index (κ3) is 5.34. The topological polar surface area (TPSA) is 47.6 Å². The Morgan fingerprint density at radius 3 is 2.22 bits per heavy atom. The summed E-state index contributed by atoms with van der Waals surface area (Å²) in [6.45, 7) is 1.98. The van der Waals surface area contributed by atoms with Gasteiger partial charge in [0.2, 0.25) is 5.91 Å². The number of amides is 1. The van der Waals surface area contributed by atoms with E-state index in [0.717, 1.165) is 29.1 Å². The second kappa shape index (κ2) is 10.7. The predicted octanol–water partition coefficient (Wildman–Crippen LogP) is 5.39. The molecule has 1 amide bonds. The number of methoxy groups -OCH3 is 1. The van der Waals surface area contributed by atoms with Crippen molar-refractivity contribution < 1.29 is 14.3 Å². The van der Waals surface area contributed by atoms with E-state index in [2.05, 4.69) is 17.4 Å². The molecule has 1 fully saturated rings. The number of rotatable bonds is 8. The van der Waals surface area contributed by atoms with E-state index in [0.29, 0.717) is 19.8 Å². The number of carbonyl (C=O) groups is 1. The second-order valence-corrected chi connectivity index (χ2v) is 9.24. The number of carbonyl (C=O) groups excluding carboxylic acids is 1. The number of ether oxygens (including phenoxy) is 2. The fourth-order valence-corrected chi connectivity index (χ4v) is 5.23. The third-order valence-corrected chi connectivity index (χ3v) is 7.36. The van der Waals surface area contributed by atoms with Crippen LogP contribution in [0.25, 0.3) is 0 Å². The van der Waals surface area contributed by atoms with Gasteiger partial charge < -0.3 is 14.8 Å². The highest BCUT2D eigenvalue weighted by molar-refractivity contribution is 8.00. The molecule has 0 aromatic heterocycles. The Balaban J connectivity index is 1.54. The summed E-state index contributed by atoms with van der Waals surface area (Å²) in [6.07, 6.45) is 1.75. The first kappa shape index (κ1) is 22.4. The average molecular weight is 448 g/mol. The largest absolute Gasteiger partial charge is 0.497 e. The van der Waals surface area contributed by atoms with Crippen molar-refractivity contribution in [1.29, 1.82) is 0 Å². The fourth-order valence-electron chi connectivity index (χ4n) is 4.16. The van der Waals surface area contributed by atoms with Crippen LogP contribution in [-0.2, 0) is 14.9 Å². The molecule has 4 nitrogen and oxygen atoms in total. The molecule has 3 aromatic carbocycles. The first-order chi connectivity index (χ1) is 15.7. The van der Waals surface area contributed by atoms with Gasteiger partial charge in [0.05, 0.1) is 7.11 Å². The van der Waals surface area contributed by atoms with Crippen LogP contribution in [0.15, 0.2) is 89.8 Å². The summed E-state index contributed by atoms with van der Waals surface area (Å²) in [5.74, 6) is 0.868. The number of nitrogens with one attached hydrogen (secondary N) is 1. The van der Waals surface area contributed by atoms with Gasteiger partial charge in [0.25, 0.3) is 0 Å². The van der Waals surface area contributed by atoms with E-state index in [-0.39, 0.29) is 16.6 Å². The van der Waals surface area contributed by atoms with Gasteiger partial charge in [0.15, 0.2) is 0 Å². The maximum atomic E-state index is 13.5. The maximum absolute atomic E-state index is 13.5. The Morgan fingerprint density at radius 1 is 0.969 bits per heavy atom. The van der Waals surface area contributed by atoms with Crippen LogP contribution in [-0.4, -0.2) is 32.8 Å². The van der Waals surface area contributed by atoms with Crippen molar-refractivity contribution in [2.75, 3.05) is 26.9 Å². The zero-order valence-corrected chi connectivity index (χ0v) is 19.1. The van der Waals surface area contributed by atoms with Gasteiger partial charge in [-0.25, -0.2) is 0 Å². The molecule has 4 rings (SSSR count). The van der Waals surface area contributed by atoms with Crippen molar-refractivity contribution in [2.24, 2.45) is 0 Å². The Hall–Kier alpha value is -2.76. The number of benzene rings is 3. The average Bonchev–Trinajstić information content (AvgIpc) is 2.87. The van der Waals surface area contributed by atoms with E-state index in [1.165, 1.54) is 5.56 Å². The molecule has 0 spiro atoms. The summed E-state index contributed by atoms with van der Waals surface area (Å²) in [5, 5.41) is 2.98. The molecule has 1 saturated heterocycles. The van der Waals surface area contributed by atoms with Crippen LogP contribution in [0, 0.1) is 0 Å². The normalized spacial score (nSPS) is 16.2. The minimum Gasteiger partial charge on any atom is -0.497 e. The minimum atomic E-state index is -0.314. The zero-order valence-electron chi connectivity index (χ0n) is 18.3. The van der Waals surface area contributed by atoms with E-state index < -0.39 is 0 Å². The molecule has 1 N–H and O–H groups in total. The molecule has 166 valence electrons. The Kier molecular flexibility index (Phi) is 7.51. The van der Waals surface area contributed by atoms with E-state index in [1.54, 1.807) is 18.9 Å². The van der Waals surface area contributed by atoms with Gasteiger partial charge in [-0.15, -0.1) is 11.8 Å². The molecule has 1 aliphatic heterocycles. The Labute approximate surface area is 194 Å². The van der Waals surface area contributed by atoms with Crippen molar-refractivity contribution in [3.8, 4) is 5.75 Å². The lowest BCUT2D eigenvalue weighted by atomic mass is 9.74. The molecule has 0 aliphatic carbocycles. The van der Waals surface area contributed by atoms with Crippen LogP contribution in [0.4, 0.5) is 0 Å². The molecule has 0 bridgehead atoms. The van der Waals surface area contributed by atoms with Gasteiger partial charge >= 0.3 is 0 Å². The van der Waals surface area contributed by atoms with Crippen LogP contribution in [0.2, 0.25) is 0 Å². The van der Waals surface area contributed by atoms with Crippen molar-refractivity contribution in [3.05, 3.63) is 96.1 Å². The monoisotopic (exact) mass is 447 g/mol. The maximum Gasteiger partial charge on any atom is 0.238 e. The summed E-state index contributed by atoms with van der Waals surface area (Å²) >= 11 is 1.58. The highest BCUT2D eigenvalue weighted by atomic mass is 32.2. The summed E-state index contributed by atoms with van der Waals surface area (Å²) in [5.41, 5.74) is 2.08. The van der Waals surface area contributed by atoms with Gasteiger partial charge in [0.1, 0.15) is 11.0 Å². The van der Waals surface area contributed by atoms with Gasteiger partial charge in [-0.2, -0.15) is 0 Å². The lowest BCUT2D eigenvalue weighted by Crippen LogP contribution is -2.45. The van der Waals surface area contributed by atoms with Crippen molar-refractivity contribution >= 4 is 17.7 Å². The van der Waals surface area contributed by atoms with E-state index >= 15 is 0 Å². The summed E-state index contributed by atoms with van der Waals surface area (Å²) < 4.78 is 11.0. The highest BCUT2D eigenvalue weighted by Gasteiger charge is 2.36. The predicted molar refractivity (Wildman–Crippen MR) is 129 cm³/mol. The summed E-state index contributed by atoms with van der Waals surface area (Å²) in [6, 6.07) is 28.3. The van der Waals surface area contributed by atoms with Crippen LogP contribution in [0.3, 0.4) is 0 Å². The second-order valence-electron chi connectivity index (χ2n) is 8.06. The molecule has 3 aromatic rings. The Morgan fingerprint density at radius 2 is 1.59 bits per heavy atom. The summed E-state index contributed by atoms with van der Waals surface area (Å²) in [7, 11) is 1.67. The van der Waals surface area contributed by atoms with Gasteiger partial charge in [-0.3, -0.25) is 4.79 Å². The number of thioether (sulfide) groups is 1. The third-order valence-electron chi connectivity index (χ3n) is 6.09. The first-order valence-electron chi connectivity index (χ1n) is 11.0. The molecule has 1 unspecified atom stereocenters. The summed E-state index contributed by atoms with van der Waals surface area (Å²) in [4.78, 5) is 14.6. The van der Waals surface area contributed by atoms with Crippen molar-refractivity contribution in [2.45, 2.75) is 28.4 Å². The molecular weight excluding hydrogens is 418 g/mol. The fraction of sp³-hybridized carbons (Fsp3) is 0.296. The van der Waals surface area contributed by atoms with Gasteiger partial charge in [-0.1, -0.05) is 60.7 Å². The molecule has 0 radical (unpaired) electrons. The van der Waals surface area contributed by atoms with Crippen LogP contribution in [0.5, 0.6) is 5.75 Å². The Bertz CT molecular complexity index is 986. The number of hydrogen-bond acceptors (Lipinski definition) is 4. The molecule has 0 saturated carbocycles.